The molecule has 2 heterocycles. The van der Waals surface area contributed by atoms with Crippen LogP contribution in [0.1, 0.15) is 33.6 Å². The third-order valence-corrected chi connectivity index (χ3v) is 4.75. The maximum Gasteiger partial charge on any atom is 0.410 e. The first-order valence-electron chi connectivity index (χ1n) is 9.65. The van der Waals surface area contributed by atoms with Gasteiger partial charge in [-0.25, -0.2) is 4.79 Å². The second-order valence-electron chi connectivity index (χ2n) is 8.12. The Kier molecular flexibility index (Phi) is 5.76. The van der Waals surface area contributed by atoms with Gasteiger partial charge in [0.15, 0.2) is 0 Å². The number of benzene rings is 1. The van der Waals surface area contributed by atoms with Crippen molar-refractivity contribution in [3.63, 3.8) is 0 Å². The molecule has 2 aliphatic rings. The maximum absolute atomic E-state index is 12.3. The molecule has 2 fully saturated rings. The van der Waals surface area contributed by atoms with Gasteiger partial charge < -0.3 is 19.9 Å². The van der Waals surface area contributed by atoms with Crippen molar-refractivity contribution in [3.8, 4) is 0 Å². The van der Waals surface area contributed by atoms with Crippen LogP contribution >= 0.6 is 0 Å². The van der Waals surface area contributed by atoms with Crippen molar-refractivity contribution in [2.75, 3.05) is 36.4 Å². The lowest BCUT2D eigenvalue weighted by atomic mass is 10.1. The number of para-hydroxylation sites is 2. The predicted octanol–water partition coefficient (Wildman–Crippen LogP) is 1.96. The van der Waals surface area contributed by atoms with Crippen molar-refractivity contribution in [1.82, 2.24) is 10.2 Å². The van der Waals surface area contributed by atoms with Crippen molar-refractivity contribution < 1.29 is 19.1 Å². The van der Waals surface area contributed by atoms with E-state index < -0.39 is 11.6 Å². The number of amides is 3. The van der Waals surface area contributed by atoms with Crippen LogP contribution in [0.25, 0.3) is 0 Å². The lowest BCUT2D eigenvalue weighted by Crippen LogP contribution is -2.50. The zero-order valence-corrected chi connectivity index (χ0v) is 16.7. The van der Waals surface area contributed by atoms with E-state index in [9.17, 15) is 14.4 Å². The van der Waals surface area contributed by atoms with Gasteiger partial charge in [-0.3, -0.25) is 14.9 Å². The molecule has 1 aromatic rings. The summed E-state index contributed by atoms with van der Waals surface area (Å²) < 4.78 is 5.45. The third kappa shape index (κ3) is 4.94. The van der Waals surface area contributed by atoms with Crippen LogP contribution in [-0.2, 0) is 14.3 Å². The monoisotopic (exact) mass is 388 g/mol. The van der Waals surface area contributed by atoms with E-state index in [2.05, 4.69) is 15.5 Å². The van der Waals surface area contributed by atoms with E-state index in [1.165, 1.54) is 0 Å². The van der Waals surface area contributed by atoms with Crippen molar-refractivity contribution >= 4 is 29.3 Å². The summed E-state index contributed by atoms with van der Waals surface area (Å²) in [5, 5.41) is 5.64. The van der Waals surface area contributed by atoms with Gasteiger partial charge in [0.25, 0.3) is 0 Å². The molecule has 0 aliphatic carbocycles. The van der Waals surface area contributed by atoms with E-state index in [1.807, 2.05) is 45.0 Å². The predicted molar refractivity (Wildman–Crippen MR) is 106 cm³/mol. The Morgan fingerprint density at radius 2 is 1.82 bits per heavy atom. The van der Waals surface area contributed by atoms with Crippen molar-refractivity contribution in [3.05, 3.63) is 24.3 Å². The number of anilines is 2. The fourth-order valence-corrected chi connectivity index (χ4v) is 3.35. The van der Waals surface area contributed by atoms with E-state index in [0.29, 0.717) is 39.0 Å². The molecule has 1 atom stereocenters. The molecular weight excluding hydrogens is 360 g/mol. The fourth-order valence-electron chi connectivity index (χ4n) is 3.35. The summed E-state index contributed by atoms with van der Waals surface area (Å²) in [7, 11) is 0. The van der Waals surface area contributed by atoms with Gasteiger partial charge >= 0.3 is 6.09 Å². The van der Waals surface area contributed by atoms with Crippen LogP contribution in [-0.4, -0.2) is 60.6 Å². The molecule has 1 unspecified atom stereocenters. The number of imide groups is 1. The molecular formula is C20H28N4O4. The molecule has 0 bridgehead atoms. The molecule has 0 aromatic heterocycles. The van der Waals surface area contributed by atoms with Crippen LogP contribution in [0.2, 0.25) is 0 Å². The van der Waals surface area contributed by atoms with Crippen LogP contribution in [0, 0.1) is 0 Å². The second-order valence-corrected chi connectivity index (χ2v) is 8.12. The van der Waals surface area contributed by atoms with Gasteiger partial charge in [0.1, 0.15) is 11.6 Å². The summed E-state index contributed by atoms with van der Waals surface area (Å²) in [4.78, 5) is 39.6. The summed E-state index contributed by atoms with van der Waals surface area (Å²) in [6.07, 6.45) is 0.521. The molecule has 0 spiro atoms. The Labute approximate surface area is 165 Å². The molecule has 8 nitrogen and oxygen atoms in total. The lowest BCUT2D eigenvalue weighted by Gasteiger charge is -2.37. The Morgan fingerprint density at radius 3 is 2.46 bits per heavy atom. The van der Waals surface area contributed by atoms with E-state index in [0.717, 1.165) is 11.4 Å². The summed E-state index contributed by atoms with van der Waals surface area (Å²) >= 11 is 0. The normalized spacial score (nSPS) is 20.6. The Morgan fingerprint density at radius 1 is 1.14 bits per heavy atom. The highest BCUT2D eigenvalue weighted by atomic mass is 16.6. The highest BCUT2D eigenvalue weighted by Crippen LogP contribution is 2.28. The number of ether oxygens (including phenoxy) is 1. The molecule has 0 radical (unpaired) electrons. The van der Waals surface area contributed by atoms with Gasteiger partial charge in [0.05, 0.1) is 11.4 Å². The third-order valence-electron chi connectivity index (χ3n) is 4.75. The van der Waals surface area contributed by atoms with E-state index >= 15 is 0 Å². The highest BCUT2D eigenvalue weighted by molar-refractivity contribution is 6.01. The van der Waals surface area contributed by atoms with Gasteiger partial charge in [-0.2, -0.15) is 0 Å². The summed E-state index contributed by atoms with van der Waals surface area (Å²) in [5.41, 5.74) is 1.32. The first-order chi connectivity index (χ1) is 13.2. The summed E-state index contributed by atoms with van der Waals surface area (Å²) in [6.45, 7) is 8.07. The number of nitrogens with one attached hydrogen (secondary N) is 2. The minimum absolute atomic E-state index is 0.227. The van der Waals surface area contributed by atoms with Crippen molar-refractivity contribution in [2.45, 2.75) is 45.3 Å². The number of hydrogen-bond acceptors (Lipinski definition) is 6. The number of rotatable bonds is 3. The molecule has 152 valence electrons. The summed E-state index contributed by atoms with van der Waals surface area (Å²) in [5.74, 6) is -0.518. The molecule has 3 rings (SSSR count). The molecule has 28 heavy (non-hydrogen) atoms. The number of carbonyl (C=O) groups excluding carboxylic acids is 3. The zero-order chi connectivity index (χ0) is 20.3. The zero-order valence-electron chi connectivity index (χ0n) is 16.7. The average Bonchev–Trinajstić information content (AvgIpc) is 2.63. The van der Waals surface area contributed by atoms with E-state index in [-0.39, 0.29) is 17.9 Å². The molecule has 2 aliphatic heterocycles. The van der Waals surface area contributed by atoms with Crippen molar-refractivity contribution in [1.29, 1.82) is 0 Å². The second kappa shape index (κ2) is 8.08. The van der Waals surface area contributed by atoms with Crippen LogP contribution in [0.4, 0.5) is 16.2 Å². The molecule has 2 N–H and O–H groups in total. The number of piperazine rings is 1. The van der Waals surface area contributed by atoms with Gasteiger partial charge in [-0.1, -0.05) is 12.1 Å². The largest absolute Gasteiger partial charge is 0.444 e. The first-order valence-corrected chi connectivity index (χ1v) is 9.65. The fraction of sp³-hybridized carbons (Fsp3) is 0.550. The molecule has 8 heteroatoms. The molecule has 1 aromatic carbocycles. The molecule has 0 saturated carbocycles. The number of carbonyl (C=O) groups is 3. The Hall–Kier alpha value is -2.77. The number of hydrogen-bond donors (Lipinski definition) is 2. The molecule has 3 amide bonds. The summed E-state index contributed by atoms with van der Waals surface area (Å²) in [6, 6.07) is 7.36. The van der Waals surface area contributed by atoms with Crippen LogP contribution < -0.4 is 15.5 Å². The van der Waals surface area contributed by atoms with Crippen LogP contribution in [0.5, 0.6) is 0 Å². The number of nitrogens with zero attached hydrogens (tertiary/aromatic N) is 2. The van der Waals surface area contributed by atoms with Gasteiger partial charge in [-0.05, 0) is 39.3 Å². The van der Waals surface area contributed by atoms with Gasteiger partial charge in [0.2, 0.25) is 11.8 Å². The quantitative estimate of drug-likeness (QED) is 0.770. The van der Waals surface area contributed by atoms with Crippen LogP contribution in [0.3, 0.4) is 0 Å². The molecule has 2 saturated heterocycles. The van der Waals surface area contributed by atoms with E-state index in [1.54, 1.807) is 4.90 Å². The van der Waals surface area contributed by atoms with Gasteiger partial charge in [0, 0.05) is 32.6 Å². The minimum atomic E-state index is -0.507. The minimum Gasteiger partial charge on any atom is -0.444 e. The van der Waals surface area contributed by atoms with Gasteiger partial charge in [-0.15, -0.1) is 0 Å². The van der Waals surface area contributed by atoms with E-state index in [4.69, 9.17) is 4.74 Å². The standard InChI is InChI=1S/C20H28N4O4/c1-20(2,3)28-19(27)24-12-10-23(11-13-24)16-7-5-4-6-14(16)21-15-8-9-17(25)22-18(15)26/h4-7,15,21H,8-13H2,1-3H3,(H,22,25,26). The SMILES string of the molecule is CC(C)(C)OC(=O)N1CCN(c2ccccc2NC2CCC(=O)NC2=O)CC1. The topological polar surface area (TPSA) is 91.0 Å². The van der Waals surface area contributed by atoms with Crippen LogP contribution in [0.15, 0.2) is 24.3 Å². The van der Waals surface area contributed by atoms with Crippen molar-refractivity contribution in [2.24, 2.45) is 0 Å². The maximum atomic E-state index is 12.3. The highest BCUT2D eigenvalue weighted by Gasteiger charge is 2.29. The Balaban J connectivity index is 1.63. The average molecular weight is 388 g/mol. The lowest BCUT2D eigenvalue weighted by molar-refractivity contribution is -0.133. The smallest absolute Gasteiger partial charge is 0.410 e. The first kappa shape index (κ1) is 20.0. The Bertz CT molecular complexity index is 751. The number of piperidine rings is 1.